The Hall–Kier alpha value is -5.29. The molecule has 8 aromatic rings. The number of hydrogen-bond donors (Lipinski definition) is 0. The van der Waals surface area contributed by atoms with E-state index in [1.807, 2.05) is 97.8 Å². The first kappa shape index (κ1) is 57.7. The van der Waals surface area contributed by atoms with Gasteiger partial charge in [-0.2, -0.15) is 5.10 Å². The Balaban J connectivity index is 0.000000767. The monoisotopic (exact) mass is 854 g/mol. The zero-order valence-electron chi connectivity index (χ0n) is 42.5. The van der Waals surface area contributed by atoms with Crippen LogP contribution in [0.3, 0.4) is 0 Å². The Morgan fingerprint density at radius 1 is 0.492 bits per heavy atom. The largest absolute Gasteiger partial charge is 0.350 e. The van der Waals surface area contributed by atoms with Gasteiger partial charge < -0.3 is 4.57 Å². The van der Waals surface area contributed by atoms with E-state index >= 15 is 0 Å². The zero-order chi connectivity index (χ0) is 47.2. The van der Waals surface area contributed by atoms with Crippen LogP contribution in [0.25, 0.3) is 43.5 Å². The third-order valence-corrected chi connectivity index (χ3v) is 9.82. The van der Waals surface area contributed by atoms with Crippen LogP contribution < -0.4 is 0 Å². The van der Waals surface area contributed by atoms with E-state index in [0.717, 1.165) is 5.52 Å². The number of pyridine rings is 2. The van der Waals surface area contributed by atoms with Gasteiger partial charge in [-0.25, -0.2) is 0 Å². The molecule has 0 N–H and O–H groups in total. The number of aryl methyl sites for hydroxylation is 2. The summed E-state index contributed by atoms with van der Waals surface area (Å²) in [5, 5.41) is 11.0. The number of benzene rings is 4. The Bertz CT molecular complexity index is 2260. The fraction of sp³-hybridized carbons (Fsp3) is 0.431. The standard InChI is InChI=1S/2C13H15N.C12H15N.C11H14N2.4C2H6.CH4/c1-13(2,3)12-9-14-8-10-6-4-5-7-11(10)12;1-13(2,3)11-8-9-14-12-7-5-4-6-10(11)12;1-9(2)11-8-13(3)12-7-5-4-6-10(11)12;1-8(2)11-9-6-4-5-7-10(9)13(3)12-11;4*1-2;/h2*4-9H,1-3H3;4-9H,1-3H3;4-8H,1-3H3;4*1-2H3;1H4. The molecule has 4 aromatic carbocycles. The van der Waals surface area contributed by atoms with E-state index in [0.29, 0.717) is 11.8 Å². The number of aromatic nitrogens is 5. The lowest BCUT2D eigenvalue weighted by atomic mass is 9.85. The molecule has 0 fully saturated rings. The molecule has 5 heteroatoms. The summed E-state index contributed by atoms with van der Waals surface area (Å²) in [5.74, 6) is 1.09. The van der Waals surface area contributed by atoms with Crippen LogP contribution in [-0.4, -0.2) is 24.3 Å². The minimum Gasteiger partial charge on any atom is -0.350 e. The Kier molecular flexibility index (Phi) is 26.0. The second-order valence-electron chi connectivity index (χ2n) is 16.8. The molecule has 0 unspecified atom stereocenters. The fourth-order valence-electron chi connectivity index (χ4n) is 6.97. The maximum absolute atomic E-state index is 4.51. The molecule has 0 atom stereocenters. The predicted molar refractivity (Wildman–Crippen MR) is 285 cm³/mol. The highest BCUT2D eigenvalue weighted by Crippen LogP contribution is 2.30. The van der Waals surface area contributed by atoms with Gasteiger partial charge in [-0.3, -0.25) is 14.6 Å². The van der Waals surface area contributed by atoms with Gasteiger partial charge in [0.05, 0.1) is 16.7 Å². The van der Waals surface area contributed by atoms with Gasteiger partial charge in [-0.1, -0.05) is 211 Å². The molecule has 0 aliphatic carbocycles. The first-order chi connectivity index (χ1) is 29.6. The molecule has 0 aliphatic rings. The summed E-state index contributed by atoms with van der Waals surface area (Å²) in [5.41, 5.74) is 9.28. The Morgan fingerprint density at radius 3 is 1.51 bits per heavy atom. The molecule has 344 valence electrons. The van der Waals surface area contributed by atoms with Gasteiger partial charge in [-0.05, 0) is 69.0 Å². The number of rotatable bonds is 2. The van der Waals surface area contributed by atoms with Crippen molar-refractivity contribution in [2.75, 3.05) is 0 Å². The summed E-state index contributed by atoms with van der Waals surface area (Å²) in [6.45, 7) is 38.2. The Morgan fingerprint density at radius 2 is 0.968 bits per heavy atom. The predicted octanol–water partition coefficient (Wildman–Crippen LogP) is 17.8. The first-order valence-electron chi connectivity index (χ1n) is 23.2. The van der Waals surface area contributed by atoms with E-state index in [2.05, 4.69) is 193 Å². The molecular weight excluding hydrogens is 767 g/mol. The topological polar surface area (TPSA) is 48.5 Å². The van der Waals surface area contributed by atoms with E-state index in [1.54, 1.807) is 0 Å². The van der Waals surface area contributed by atoms with Gasteiger partial charge in [0.1, 0.15) is 0 Å². The molecule has 0 aliphatic heterocycles. The fourth-order valence-corrected chi connectivity index (χ4v) is 6.97. The molecule has 0 radical (unpaired) electrons. The van der Waals surface area contributed by atoms with E-state index < -0.39 is 0 Å². The second-order valence-corrected chi connectivity index (χ2v) is 16.8. The lowest BCUT2D eigenvalue weighted by Gasteiger charge is -2.20. The van der Waals surface area contributed by atoms with Gasteiger partial charge in [0.15, 0.2) is 0 Å². The van der Waals surface area contributed by atoms with Gasteiger partial charge in [-0.15, -0.1) is 0 Å². The minimum absolute atomic E-state index is 0. The second kappa shape index (κ2) is 28.4. The number of fused-ring (bicyclic) bond motifs is 4. The number of para-hydroxylation sites is 3. The highest BCUT2D eigenvalue weighted by atomic mass is 15.3. The third-order valence-electron chi connectivity index (χ3n) is 9.82. The van der Waals surface area contributed by atoms with Crippen molar-refractivity contribution in [3.05, 3.63) is 150 Å². The molecule has 0 bridgehead atoms. The van der Waals surface area contributed by atoms with E-state index in [9.17, 15) is 0 Å². The number of hydrogen-bond acceptors (Lipinski definition) is 3. The van der Waals surface area contributed by atoms with Crippen LogP contribution in [0.2, 0.25) is 0 Å². The molecule has 8 rings (SSSR count). The van der Waals surface area contributed by atoms with E-state index in [1.165, 1.54) is 60.3 Å². The zero-order valence-corrected chi connectivity index (χ0v) is 42.5. The van der Waals surface area contributed by atoms with Crippen LogP contribution in [0.1, 0.15) is 166 Å². The van der Waals surface area contributed by atoms with Crippen LogP contribution >= 0.6 is 0 Å². The molecule has 4 heterocycles. The molecule has 4 aromatic heterocycles. The van der Waals surface area contributed by atoms with Crippen LogP contribution in [0.5, 0.6) is 0 Å². The molecule has 0 spiro atoms. The average molecular weight is 854 g/mol. The van der Waals surface area contributed by atoms with Gasteiger partial charge in [0, 0.05) is 65.9 Å². The van der Waals surface area contributed by atoms with Gasteiger partial charge in [0.25, 0.3) is 0 Å². The maximum Gasteiger partial charge on any atom is 0.0728 e. The molecule has 0 saturated carbocycles. The average Bonchev–Trinajstić information content (AvgIpc) is 3.82. The minimum atomic E-state index is 0. The summed E-state index contributed by atoms with van der Waals surface area (Å²) in [4.78, 5) is 8.63. The molecule has 0 amide bonds. The van der Waals surface area contributed by atoms with Crippen LogP contribution in [0.15, 0.2) is 128 Å². The van der Waals surface area contributed by atoms with Crippen LogP contribution in [0, 0.1) is 0 Å². The Labute approximate surface area is 385 Å². The number of nitrogens with zero attached hydrogens (tertiary/aromatic N) is 5. The highest BCUT2D eigenvalue weighted by Gasteiger charge is 2.17. The smallest absolute Gasteiger partial charge is 0.0728 e. The summed E-state index contributed by atoms with van der Waals surface area (Å²) >= 11 is 0. The van der Waals surface area contributed by atoms with Crippen molar-refractivity contribution in [3.63, 3.8) is 0 Å². The quantitative estimate of drug-likeness (QED) is 0.174. The summed E-state index contributed by atoms with van der Waals surface area (Å²) in [6.07, 6.45) is 8.02. The first-order valence-corrected chi connectivity index (χ1v) is 23.2. The molecule has 0 saturated heterocycles. The van der Waals surface area contributed by atoms with Crippen molar-refractivity contribution < 1.29 is 0 Å². The molecule has 5 nitrogen and oxygen atoms in total. The maximum atomic E-state index is 4.51. The van der Waals surface area contributed by atoms with Crippen molar-refractivity contribution in [3.8, 4) is 0 Å². The summed E-state index contributed by atoms with van der Waals surface area (Å²) in [7, 11) is 4.10. The normalized spacial score (nSPS) is 10.4. The van der Waals surface area contributed by atoms with Crippen LogP contribution in [-0.2, 0) is 24.9 Å². The lowest BCUT2D eigenvalue weighted by Crippen LogP contribution is -2.11. The lowest BCUT2D eigenvalue weighted by molar-refractivity contribution is 0.593. The van der Waals surface area contributed by atoms with Crippen molar-refractivity contribution in [1.29, 1.82) is 0 Å². The van der Waals surface area contributed by atoms with Gasteiger partial charge in [0.2, 0.25) is 0 Å². The molecule has 63 heavy (non-hydrogen) atoms. The van der Waals surface area contributed by atoms with Crippen molar-refractivity contribution >= 4 is 43.5 Å². The van der Waals surface area contributed by atoms with Crippen molar-refractivity contribution in [1.82, 2.24) is 24.3 Å². The van der Waals surface area contributed by atoms with Crippen molar-refractivity contribution in [2.45, 2.75) is 155 Å². The summed E-state index contributed by atoms with van der Waals surface area (Å²) < 4.78 is 4.15. The van der Waals surface area contributed by atoms with Crippen LogP contribution in [0.4, 0.5) is 0 Å². The highest BCUT2D eigenvalue weighted by molar-refractivity contribution is 5.86. The van der Waals surface area contributed by atoms with Crippen molar-refractivity contribution in [2.24, 2.45) is 14.1 Å². The SMILES string of the molecule is C.CC.CC.CC.CC.CC(C)(C)c1ccnc2ccccc12.CC(C)(C)c1cncc2ccccc12.CC(C)c1cn(C)c2ccccc12.CC(C)c1nn(C)c2ccccc12. The third kappa shape index (κ3) is 16.1. The molecular formula is C58H87N5. The van der Waals surface area contributed by atoms with E-state index in [4.69, 9.17) is 0 Å². The summed E-state index contributed by atoms with van der Waals surface area (Å²) in [6, 6.07) is 35.7. The van der Waals surface area contributed by atoms with E-state index in [-0.39, 0.29) is 18.3 Å². The van der Waals surface area contributed by atoms with Gasteiger partial charge >= 0.3 is 0 Å².